The van der Waals surface area contributed by atoms with Crippen molar-refractivity contribution in [1.29, 1.82) is 0 Å². The predicted octanol–water partition coefficient (Wildman–Crippen LogP) is 2.05. The Kier molecular flexibility index (Phi) is 7.01. The zero-order valence-corrected chi connectivity index (χ0v) is 12.4. The molecule has 1 rings (SSSR count). The van der Waals surface area contributed by atoms with Gasteiger partial charge in [-0.3, -0.25) is 4.79 Å². The lowest BCUT2D eigenvalue weighted by Gasteiger charge is -2.18. The van der Waals surface area contributed by atoms with E-state index in [1.54, 1.807) is 24.1 Å². The van der Waals surface area contributed by atoms with Gasteiger partial charge in [-0.2, -0.15) is 0 Å². The van der Waals surface area contributed by atoms with Crippen LogP contribution in [0.2, 0.25) is 0 Å². The summed E-state index contributed by atoms with van der Waals surface area (Å²) in [7, 11) is 1.74. The van der Waals surface area contributed by atoms with Gasteiger partial charge < -0.3 is 15.0 Å². The van der Waals surface area contributed by atoms with Gasteiger partial charge in [0.15, 0.2) is 0 Å². The van der Waals surface area contributed by atoms with Gasteiger partial charge in [0.2, 0.25) is 5.91 Å². The Morgan fingerprint density at radius 3 is 2.85 bits per heavy atom. The molecule has 5 heteroatoms. The standard InChI is InChI=1S/C15H23FN2O2/c1-12(2)17-8-7-15(19)18(3)9-10-20-14-6-4-5-13(16)11-14/h4-6,11-12,17H,7-10H2,1-3H3. The number of nitrogens with one attached hydrogen (secondary N) is 1. The summed E-state index contributed by atoms with van der Waals surface area (Å²) in [6.45, 7) is 5.59. The zero-order chi connectivity index (χ0) is 15.0. The molecule has 0 bridgehead atoms. The van der Waals surface area contributed by atoms with Crippen LogP contribution >= 0.6 is 0 Å². The quantitative estimate of drug-likeness (QED) is 0.793. The van der Waals surface area contributed by atoms with E-state index in [9.17, 15) is 9.18 Å². The number of carbonyl (C=O) groups is 1. The summed E-state index contributed by atoms with van der Waals surface area (Å²) in [6, 6.07) is 6.36. The SMILES string of the molecule is CC(C)NCCC(=O)N(C)CCOc1cccc(F)c1. The minimum atomic E-state index is -0.327. The molecule has 1 amide bonds. The van der Waals surface area contributed by atoms with E-state index in [0.29, 0.717) is 37.9 Å². The van der Waals surface area contributed by atoms with Crippen molar-refractivity contribution < 1.29 is 13.9 Å². The first-order chi connectivity index (χ1) is 9.49. The molecule has 0 aliphatic carbocycles. The minimum absolute atomic E-state index is 0.0704. The molecule has 0 atom stereocenters. The van der Waals surface area contributed by atoms with Gasteiger partial charge in [-0.25, -0.2) is 4.39 Å². The Labute approximate surface area is 119 Å². The molecule has 0 radical (unpaired) electrons. The summed E-state index contributed by atoms with van der Waals surface area (Å²) in [5.74, 6) is 0.222. The highest BCUT2D eigenvalue weighted by atomic mass is 19.1. The van der Waals surface area contributed by atoms with Gasteiger partial charge in [-0.05, 0) is 12.1 Å². The molecule has 1 N–H and O–H groups in total. The summed E-state index contributed by atoms with van der Waals surface area (Å²) in [5, 5.41) is 3.20. The summed E-state index contributed by atoms with van der Waals surface area (Å²) in [6.07, 6.45) is 0.467. The minimum Gasteiger partial charge on any atom is -0.492 e. The second-order valence-electron chi connectivity index (χ2n) is 4.98. The van der Waals surface area contributed by atoms with Crippen LogP contribution in [-0.4, -0.2) is 43.6 Å². The Hall–Kier alpha value is -1.62. The molecular formula is C15H23FN2O2. The maximum atomic E-state index is 12.9. The summed E-state index contributed by atoms with van der Waals surface area (Å²) >= 11 is 0. The lowest BCUT2D eigenvalue weighted by atomic mass is 10.3. The molecule has 1 aromatic carbocycles. The normalized spacial score (nSPS) is 10.7. The molecule has 0 unspecified atom stereocenters. The molecule has 0 aliphatic rings. The number of ether oxygens (including phenoxy) is 1. The van der Waals surface area contributed by atoms with E-state index in [1.807, 2.05) is 13.8 Å². The van der Waals surface area contributed by atoms with Crippen molar-refractivity contribution in [2.45, 2.75) is 26.3 Å². The summed E-state index contributed by atoms with van der Waals surface area (Å²) < 4.78 is 18.3. The van der Waals surface area contributed by atoms with Gasteiger partial charge in [-0.1, -0.05) is 19.9 Å². The third-order valence-corrected chi connectivity index (χ3v) is 2.81. The molecule has 1 aromatic rings. The molecule has 0 fully saturated rings. The third kappa shape index (κ3) is 6.52. The molecule has 0 saturated carbocycles. The number of carbonyl (C=O) groups excluding carboxylic acids is 1. The van der Waals surface area contributed by atoms with E-state index in [4.69, 9.17) is 4.74 Å². The fourth-order valence-corrected chi connectivity index (χ4v) is 1.64. The van der Waals surface area contributed by atoms with Gasteiger partial charge in [0.25, 0.3) is 0 Å². The highest BCUT2D eigenvalue weighted by Gasteiger charge is 2.08. The average molecular weight is 282 g/mol. The Morgan fingerprint density at radius 2 is 2.20 bits per heavy atom. The van der Waals surface area contributed by atoms with E-state index in [-0.39, 0.29) is 11.7 Å². The Morgan fingerprint density at radius 1 is 1.45 bits per heavy atom. The molecule has 0 spiro atoms. The maximum Gasteiger partial charge on any atom is 0.223 e. The van der Waals surface area contributed by atoms with E-state index >= 15 is 0 Å². The predicted molar refractivity (Wildman–Crippen MR) is 77.3 cm³/mol. The number of hydrogen-bond donors (Lipinski definition) is 1. The largest absolute Gasteiger partial charge is 0.492 e. The van der Waals surface area contributed by atoms with Crippen molar-refractivity contribution >= 4 is 5.91 Å². The Balaban J connectivity index is 2.22. The summed E-state index contributed by atoms with van der Waals surface area (Å²) in [5.41, 5.74) is 0. The van der Waals surface area contributed by atoms with Gasteiger partial charge in [0, 0.05) is 32.1 Å². The van der Waals surface area contributed by atoms with E-state index < -0.39 is 0 Å². The highest BCUT2D eigenvalue weighted by Crippen LogP contribution is 2.11. The van der Waals surface area contributed by atoms with Crippen LogP contribution < -0.4 is 10.1 Å². The number of likely N-dealkylation sites (N-methyl/N-ethyl adjacent to an activating group) is 1. The number of nitrogens with zero attached hydrogens (tertiary/aromatic N) is 1. The average Bonchev–Trinajstić information content (AvgIpc) is 2.38. The molecule has 4 nitrogen and oxygen atoms in total. The first kappa shape index (κ1) is 16.4. The molecule has 0 aromatic heterocycles. The number of rotatable bonds is 8. The fraction of sp³-hybridized carbons (Fsp3) is 0.533. The molecule has 0 heterocycles. The third-order valence-electron chi connectivity index (χ3n) is 2.81. The van der Waals surface area contributed by atoms with Crippen molar-refractivity contribution in [3.8, 4) is 5.75 Å². The lowest BCUT2D eigenvalue weighted by molar-refractivity contribution is -0.130. The second-order valence-corrected chi connectivity index (χ2v) is 4.98. The van der Waals surface area contributed by atoms with Crippen LogP contribution in [0.15, 0.2) is 24.3 Å². The van der Waals surface area contributed by atoms with Crippen molar-refractivity contribution in [1.82, 2.24) is 10.2 Å². The fourth-order valence-electron chi connectivity index (χ4n) is 1.64. The number of halogens is 1. The second kappa shape index (κ2) is 8.53. The van der Waals surface area contributed by atoms with E-state index in [0.717, 1.165) is 0 Å². The van der Waals surface area contributed by atoms with Gasteiger partial charge in [0.1, 0.15) is 18.2 Å². The van der Waals surface area contributed by atoms with Crippen molar-refractivity contribution in [2.75, 3.05) is 26.7 Å². The van der Waals surface area contributed by atoms with Crippen LogP contribution in [0.4, 0.5) is 4.39 Å². The molecule has 20 heavy (non-hydrogen) atoms. The topological polar surface area (TPSA) is 41.6 Å². The molecule has 0 saturated heterocycles. The first-order valence-electron chi connectivity index (χ1n) is 6.84. The summed E-state index contributed by atoms with van der Waals surface area (Å²) in [4.78, 5) is 13.4. The lowest BCUT2D eigenvalue weighted by Crippen LogP contribution is -2.34. The number of hydrogen-bond acceptors (Lipinski definition) is 3. The van der Waals surface area contributed by atoms with E-state index in [1.165, 1.54) is 12.1 Å². The molecular weight excluding hydrogens is 259 g/mol. The van der Waals surface area contributed by atoms with Gasteiger partial charge >= 0.3 is 0 Å². The van der Waals surface area contributed by atoms with Crippen molar-refractivity contribution in [2.24, 2.45) is 0 Å². The van der Waals surface area contributed by atoms with Crippen LogP contribution in [0.3, 0.4) is 0 Å². The highest BCUT2D eigenvalue weighted by molar-refractivity contribution is 5.76. The van der Waals surface area contributed by atoms with Crippen LogP contribution in [0, 0.1) is 5.82 Å². The van der Waals surface area contributed by atoms with Gasteiger partial charge in [-0.15, -0.1) is 0 Å². The molecule has 0 aliphatic heterocycles. The van der Waals surface area contributed by atoms with Crippen LogP contribution in [0.25, 0.3) is 0 Å². The van der Waals surface area contributed by atoms with Crippen molar-refractivity contribution in [3.05, 3.63) is 30.1 Å². The van der Waals surface area contributed by atoms with Crippen LogP contribution in [0.1, 0.15) is 20.3 Å². The van der Waals surface area contributed by atoms with Gasteiger partial charge in [0.05, 0.1) is 6.54 Å². The molecule has 112 valence electrons. The first-order valence-corrected chi connectivity index (χ1v) is 6.84. The van der Waals surface area contributed by atoms with Crippen LogP contribution in [-0.2, 0) is 4.79 Å². The van der Waals surface area contributed by atoms with Crippen LogP contribution in [0.5, 0.6) is 5.75 Å². The Bertz CT molecular complexity index is 424. The monoisotopic (exact) mass is 282 g/mol. The van der Waals surface area contributed by atoms with Crippen molar-refractivity contribution in [3.63, 3.8) is 0 Å². The smallest absolute Gasteiger partial charge is 0.223 e. The number of amides is 1. The maximum absolute atomic E-state index is 12.9. The number of benzene rings is 1. The zero-order valence-electron chi connectivity index (χ0n) is 12.4. The van der Waals surface area contributed by atoms with E-state index in [2.05, 4.69) is 5.32 Å².